The van der Waals surface area contributed by atoms with Gasteiger partial charge in [0.05, 0.1) is 0 Å². The molecule has 1 N–H and O–H groups in total. The van der Waals surface area contributed by atoms with Gasteiger partial charge in [-0.1, -0.05) is 30.7 Å². The Hall–Kier alpha value is -0.830. The number of hydrogen-bond donors (Lipinski definition) is 1. The summed E-state index contributed by atoms with van der Waals surface area (Å²) >= 11 is 8.00. The van der Waals surface area contributed by atoms with Crippen LogP contribution in [0.1, 0.15) is 40.5 Å². The predicted molar refractivity (Wildman–Crippen MR) is 88.1 cm³/mol. The third-order valence-electron chi connectivity index (χ3n) is 4.18. The average molecular weight is 306 g/mol. The molecule has 0 spiro atoms. The van der Waals surface area contributed by atoms with Gasteiger partial charge in [0.2, 0.25) is 0 Å². The number of rotatable bonds is 3. The molecule has 0 amide bonds. The molecule has 0 saturated carbocycles. The molecule has 1 fully saturated rings. The van der Waals surface area contributed by atoms with E-state index in [1.807, 2.05) is 23.5 Å². The van der Waals surface area contributed by atoms with Crippen LogP contribution in [0, 0.1) is 0 Å². The van der Waals surface area contributed by atoms with Crippen LogP contribution in [0.15, 0.2) is 36.4 Å². The lowest BCUT2D eigenvalue weighted by Crippen LogP contribution is -2.33. The summed E-state index contributed by atoms with van der Waals surface area (Å²) in [6.45, 7) is 4.41. The molecule has 2 atom stereocenters. The van der Waals surface area contributed by atoms with Crippen LogP contribution >= 0.6 is 22.9 Å². The van der Waals surface area contributed by atoms with Crippen LogP contribution < -0.4 is 5.32 Å². The van der Waals surface area contributed by atoms with Crippen molar-refractivity contribution >= 4 is 22.9 Å². The molecule has 1 nitrogen and oxygen atoms in total. The van der Waals surface area contributed by atoms with Crippen molar-refractivity contribution in [2.24, 2.45) is 0 Å². The van der Waals surface area contributed by atoms with Gasteiger partial charge in [0, 0.05) is 33.2 Å². The largest absolute Gasteiger partial charge is 0.316 e. The molecule has 2 unspecified atom stereocenters. The molecule has 1 aromatic carbocycles. The number of hydrogen-bond acceptors (Lipinski definition) is 2. The molecule has 1 aliphatic rings. The second-order valence-corrected chi connectivity index (χ2v) is 7.05. The van der Waals surface area contributed by atoms with Crippen LogP contribution in [0.3, 0.4) is 0 Å². The zero-order valence-electron chi connectivity index (χ0n) is 11.7. The summed E-state index contributed by atoms with van der Waals surface area (Å²) in [4.78, 5) is 3.04. The number of halogens is 1. The van der Waals surface area contributed by atoms with Gasteiger partial charge >= 0.3 is 0 Å². The minimum Gasteiger partial charge on any atom is -0.316 e. The molecule has 106 valence electrons. The van der Waals surface area contributed by atoms with Gasteiger partial charge in [-0.05, 0) is 49.2 Å². The summed E-state index contributed by atoms with van der Waals surface area (Å²) in [5.74, 6) is 1.20. The third kappa shape index (κ3) is 2.93. The van der Waals surface area contributed by atoms with E-state index in [1.165, 1.54) is 16.9 Å². The predicted octanol–water partition coefficient (Wildman–Crippen LogP) is 4.82. The quantitative estimate of drug-likeness (QED) is 0.857. The van der Waals surface area contributed by atoms with E-state index in [2.05, 4.69) is 36.5 Å². The first-order valence-electron chi connectivity index (χ1n) is 7.32. The minimum atomic E-state index is 0.560. The van der Waals surface area contributed by atoms with Crippen molar-refractivity contribution in [3.8, 4) is 0 Å². The van der Waals surface area contributed by atoms with E-state index in [0.717, 1.165) is 24.5 Å². The Morgan fingerprint density at radius 1 is 1.15 bits per heavy atom. The summed E-state index contributed by atoms with van der Waals surface area (Å²) in [7, 11) is 0. The molecule has 0 radical (unpaired) electrons. The van der Waals surface area contributed by atoms with Crippen LogP contribution in [-0.2, 0) is 6.42 Å². The van der Waals surface area contributed by atoms with Gasteiger partial charge in [0.1, 0.15) is 0 Å². The first kappa shape index (κ1) is 14.1. The summed E-state index contributed by atoms with van der Waals surface area (Å²) in [6, 6.07) is 13.0. The Morgan fingerprint density at radius 2 is 1.95 bits per heavy atom. The Kier molecular flexibility index (Phi) is 4.45. The normalized spacial score (nSPS) is 22.9. The summed E-state index contributed by atoms with van der Waals surface area (Å²) in [5.41, 5.74) is 1.40. The number of nitrogens with one attached hydrogen (secondary N) is 1. The highest BCUT2D eigenvalue weighted by Crippen LogP contribution is 2.40. The first-order valence-corrected chi connectivity index (χ1v) is 8.52. The van der Waals surface area contributed by atoms with Crippen LogP contribution in [0.25, 0.3) is 0 Å². The van der Waals surface area contributed by atoms with Gasteiger partial charge in [0.25, 0.3) is 0 Å². The maximum Gasteiger partial charge on any atom is 0.0406 e. The highest BCUT2D eigenvalue weighted by Gasteiger charge is 2.28. The number of aryl methyl sites for hydroxylation is 1. The lowest BCUT2D eigenvalue weighted by molar-refractivity contribution is 0.408. The van der Waals surface area contributed by atoms with E-state index in [0.29, 0.717) is 11.8 Å². The maximum absolute atomic E-state index is 6.01. The molecular weight excluding hydrogens is 286 g/mol. The fraction of sp³-hybridized carbons (Fsp3) is 0.412. The fourth-order valence-electron chi connectivity index (χ4n) is 3.04. The van der Waals surface area contributed by atoms with Gasteiger partial charge in [-0.15, -0.1) is 11.3 Å². The van der Waals surface area contributed by atoms with Crippen molar-refractivity contribution in [2.75, 3.05) is 13.1 Å². The molecule has 20 heavy (non-hydrogen) atoms. The van der Waals surface area contributed by atoms with Crippen molar-refractivity contribution in [3.05, 3.63) is 56.7 Å². The third-order valence-corrected chi connectivity index (χ3v) is 5.79. The Balaban J connectivity index is 1.88. The van der Waals surface area contributed by atoms with Crippen molar-refractivity contribution < 1.29 is 0 Å². The van der Waals surface area contributed by atoms with Crippen molar-refractivity contribution in [2.45, 2.75) is 31.6 Å². The van der Waals surface area contributed by atoms with Crippen LogP contribution in [-0.4, -0.2) is 13.1 Å². The van der Waals surface area contributed by atoms with Crippen LogP contribution in [0.5, 0.6) is 0 Å². The molecule has 0 aliphatic carbocycles. The van der Waals surface area contributed by atoms with Crippen molar-refractivity contribution in [1.29, 1.82) is 0 Å². The summed E-state index contributed by atoms with van der Waals surface area (Å²) in [6.07, 6.45) is 2.36. The lowest BCUT2D eigenvalue weighted by Gasteiger charge is -2.32. The Morgan fingerprint density at radius 3 is 2.65 bits per heavy atom. The molecule has 2 aromatic rings. The van der Waals surface area contributed by atoms with Crippen LogP contribution in [0.2, 0.25) is 5.02 Å². The van der Waals surface area contributed by atoms with Gasteiger partial charge in [-0.2, -0.15) is 0 Å². The van der Waals surface area contributed by atoms with E-state index in [1.54, 1.807) is 4.88 Å². The topological polar surface area (TPSA) is 12.0 Å². The van der Waals surface area contributed by atoms with Gasteiger partial charge in [-0.25, -0.2) is 0 Å². The molecular formula is C17H20ClNS. The molecule has 2 heterocycles. The SMILES string of the molecule is CCc1ccc(C2CCNCC2c2ccc(Cl)cc2)s1. The smallest absolute Gasteiger partial charge is 0.0406 e. The van der Waals surface area contributed by atoms with Gasteiger partial charge in [-0.3, -0.25) is 0 Å². The van der Waals surface area contributed by atoms with E-state index < -0.39 is 0 Å². The molecule has 3 rings (SSSR count). The number of thiophene rings is 1. The maximum atomic E-state index is 6.01. The van der Waals surface area contributed by atoms with E-state index >= 15 is 0 Å². The Labute approximate surface area is 130 Å². The minimum absolute atomic E-state index is 0.560. The molecule has 1 saturated heterocycles. The highest BCUT2D eigenvalue weighted by molar-refractivity contribution is 7.12. The second-order valence-electron chi connectivity index (χ2n) is 5.41. The second kappa shape index (κ2) is 6.30. The average Bonchev–Trinajstić information content (AvgIpc) is 2.97. The molecule has 1 aliphatic heterocycles. The van der Waals surface area contributed by atoms with E-state index in [-0.39, 0.29) is 0 Å². The standard InChI is InChI=1S/C17H20ClNS/c1-2-14-7-8-17(20-14)15-9-10-19-11-16(15)12-3-5-13(18)6-4-12/h3-8,15-16,19H,2,9-11H2,1H3. The summed E-state index contributed by atoms with van der Waals surface area (Å²) in [5, 5.41) is 4.36. The van der Waals surface area contributed by atoms with Crippen molar-refractivity contribution in [1.82, 2.24) is 5.32 Å². The number of benzene rings is 1. The molecule has 0 bridgehead atoms. The monoisotopic (exact) mass is 305 g/mol. The first-order chi connectivity index (χ1) is 9.78. The molecule has 3 heteroatoms. The van der Waals surface area contributed by atoms with Crippen molar-refractivity contribution in [3.63, 3.8) is 0 Å². The van der Waals surface area contributed by atoms with Gasteiger partial charge < -0.3 is 5.32 Å². The lowest BCUT2D eigenvalue weighted by atomic mass is 9.80. The van der Waals surface area contributed by atoms with Crippen LogP contribution in [0.4, 0.5) is 0 Å². The summed E-state index contributed by atoms with van der Waals surface area (Å²) < 4.78 is 0. The molecule has 1 aromatic heterocycles. The van der Waals surface area contributed by atoms with E-state index in [9.17, 15) is 0 Å². The number of piperidine rings is 1. The fourth-order valence-corrected chi connectivity index (χ4v) is 4.32. The Bertz CT molecular complexity index is 561. The van der Waals surface area contributed by atoms with E-state index in [4.69, 9.17) is 11.6 Å². The zero-order valence-corrected chi connectivity index (χ0v) is 13.3. The highest BCUT2D eigenvalue weighted by atomic mass is 35.5. The zero-order chi connectivity index (χ0) is 13.9. The van der Waals surface area contributed by atoms with Gasteiger partial charge in [0.15, 0.2) is 0 Å².